The summed E-state index contributed by atoms with van der Waals surface area (Å²) in [5.74, 6) is 0.534. The third kappa shape index (κ3) is 4.82. The first kappa shape index (κ1) is 16.0. The number of piperidine rings is 1. The van der Waals surface area contributed by atoms with Crippen LogP contribution < -0.4 is 0 Å². The van der Waals surface area contributed by atoms with E-state index in [2.05, 4.69) is 6.92 Å². The van der Waals surface area contributed by atoms with E-state index in [0.717, 1.165) is 25.9 Å². The number of carbonyl (C=O) groups is 2. The molecule has 0 aromatic heterocycles. The van der Waals surface area contributed by atoms with Gasteiger partial charge < -0.3 is 9.64 Å². The number of esters is 1. The summed E-state index contributed by atoms with van der Waals surface area (Å²) in [6.45, 7) is 8.04. The fraction of sp³-hybridized carbons (Fsp3) is 0.857. The highest BCUT2D eigenvalue weighted by atomic mass is 16.5. The number of ether oxygens (including phenoxy) is 1. The molecule has 0 aromatic carbocycles. The van der Waals surface area contributed by atoms with Gasteiger partial charge >= 0.3 is 5.97 Å². The minimum atomic E-state index is -0.281. The van der Waals surface area contributed by atoms with Crippen LogP contribution >= 0.6 is 0 Å². The van der Waals surface area contributed by atoms with Crippen molar-refractivity contribution in [1.82, 2.24) is 9.80 Å². The number of likely N-dealkylation sites (tertiary alicyclic amines) is 1. The molecule has 0 bridgehead atoms. The Kier molecular flexibility index (Phi) is 6.28. The first-order valence-corrected chi connectivity index (χ1v) is 7.10. The fourth-order valence-electron chi connectivity index (χ4n) is 2.23. The molecule has 5 heteroatoms. The van der Waals surface area contributed by atoms with Crippen molar-refractivity contribution in [3.63, 3.8) is 0 Å². The Morgan fingerprint density at radius 2 is 1.95 bits per heavy atom. The van der Waals surface area contributed by atoms with Gasteiger partial charge in [0.05, 0.1) is 19.2 Å². The predicted molar refractivity (Wildman–Crippen MR) is 73.7 cm³/mol. The number of amides is 1. The molecule has 0 aliphatic carbocycles. The van der Waals surface area contributed by atoms with Gasteiger partial charge in [-0.3, -0.25) is 14.5 Å². The number of likely N-dealkylation sites (N-methyl/N-ethyl adjacent to an activating group) is 1. The van der Waals surface area contributed by atoms with Crippen molar-refractivity contribution in [2.45, 2.75) is 39.7 Å². The van der Waals surface area contributed by atoms with Crippen molar-refractivity contribution in [2.75, 3.05) is 33.3 Å². The first-order chi connectivity index (χ1) is 8.95. The first-order valence-electron chi connectivity index (χ1n) is 7.10. The summed E-state index contributed by atoms with van der Waals surface area (Å²) in [7, 11) is 1.78. The van der Waals surface area contributed by atoms with Crippen LogP contribution in [0.5, 0.6) is 0 Å². The van der Waals surface area contributed by atoms with Crippen LogP contribution in [0.4, 0.5) is 0 Å². The summed E-state index contributed by atoms with van der Waals surface area (Å²) in [5.41, 5.74) is 0. The average Bonchev–Trinajstić information content (AvgIpc) is 2.38. The van der Waals surface area contributed by atoms with Gasteiger partial charge in [-0.25, -0.2) is 0 Å². The van der Waals surface area contributed by atoms with Crippen molar-refractivity contribution >= 4 is 11.9 Å². The van der Waals surface area contributed by atoms with Crippen molar-refractivity contribution in [2.24, 2.45) is 5.92 Å². The quantitative estimate of drug-likeness (QED) is 0.703. The van der Waals surface area contributed by atoms with Gasteiger partial charge in [0.25, 0.3) is 0 Å². The lowest BCUT2D eigenvalue weighted by Crippen LogP contribution is -2.49. The molecule has 1 fully saturated rings. The predicted octanol–water partition coefficient (Wildman–Crippen LogP) is 1.13. The molecule has 0 N–H and O–H groups in total. The second-order valence-corrected chi connectivity index (χ2v) is 5.40. The number of nitrogens with zero attached hydrogens (tertiary/aromatic N) is 2. The Labute approximate surface area is 115 Å². The molecular weight excluding hydrogens is 244 g/mol. The van der Waals surface area contributed by atoms with Gasteiger partial charge in [-0.05, 0) is 39.7 Å². The molecule has 0 aromatic rings. The normalized spacial score (nSPS) is 18.5. The maximum Gasteiger partial charge on any atom is 0.320 e. The summed E-state index contributed by atoms with van der Waals surface area (Å²) < 4.78 is 4.90. The lowest BCUT2D eigenvalue weighted by Gasteiger charge is -2.34. The number of hydrogen-bond acceptors (Lipinski definition) is 4. The van der Waals surface area contributed by atoms with E-state index in [0.29, 0.717) is 12.5 Å². The topological polar surface area (TPSA) is 49.9 Å². The SMILES string of the molecule is CCOC(=O)CN(C)C(C)C(=O)N1CCC(C)CC1. The Balaban J connectivity index is 2.44. The van der Waals surface area contributed by atoms with Gasteiger partial charge in [0.15, 0.2) is 0 Å². The largest absolute Gasteiger partial charge is 0.465 e. The molecule has 0 radical (unpaired) electrons. The van der Waals surface area contributed by atoms with Crippen LogP contribution in [0.25, 0.3) is 0 Å². The zero-order valence-electron chi connectivity index (χ0n) is 12.5. The third-order valence-electron chi connectivity index (χ3n) is 3.80. The fourth-order valence-corrected chi connectivity index (χ4v) is 2.23. The Hall–Kier alpha value is -1.10. The smallest absolute Gasteiger partial charge is 0.320 e. The summed E-state index contributed by atoms with van der Waals surface area (Å²) >= 11 is 0. The van der Waals surface area contributed by atoms with Gasteiger partial charge in [0.2, 0.25) is 5.91 Å². The zero-order chi connectivity index (χ0) is 14.4. The van der Waals surface area contributed by atoms with E-state index in [1.54, 1.807) is 18.9 Å². The summed E-state index contributed by atoms with van der Waals surface area (Å²) in [6.07, 6.45) is 2.14. The number of hydrogen-bond donors (Lipinski definition) is 0. The maximum absolute atomic E-state index is 12.3. The second kappa shape index (κ2) is 7.48. The average molecular weight is 270 g/mol. The van der Waals surface area contributed by atoms with Gasteiger partial charge in [-0.2, -0.15) is 0 Å². The Bertz CT molecular complexity index is 312. The molecule has 0 saturated carbocycles. The molecule has 1 aliphatic rings. The van der Waals surface area contributed by atoms with Crippen LogP contribution in [0, 0.1) is 5.92 Å². The second-order valence-electron chi connectivity index (χ2n) is 5.40. The van der Waals surface area contributed by atoms with E-state index in [1.807, 2.05) is 11.8 Å². The van der Waals surface area contributed by atoms with E-state index in [9.17, 15) is 9.59 Å². The van der Waals surface area contributed by atoms with E-state index in [-0.39, 0.29) is 24.5 Å². The van der Waals surface area contributed by atoms with E-state index < -0.39 is 0 Å². The molecule has 0 spiro atoms. The van der Waals surface area contributed by atoms with E-state index in [1.165, 1.54) is 0 Å². The maximum atomic E-state index is 12.3. The molecule has 1 aliphatic heterocycles. The molecule has 19 heavy (non-hydrogen) atoms. The number of rotatable bonds is 5. The summed E-state index contributed by atoms with van der Waals surface area (Å²) in [4.78, 5) is 27.4. The van der Waals surface area contributed by atoms with Crippen LogP contribution in [0.15, 0.2) is 0 Å². The van der Waals surface area contributed by atoms with Crippen LogP contribution in [0.1, 0.15) is 33.6 Å². The van der Waals surface area contributed by atoms with Crippen LogP contribution in [-0.4, -0.2) is 61.0 Å². The molecule has 110 valence electrons. The minimum absolute atomic E-state index is 0.110. The highest BCUT2D eigenvalue weighted by Crippen LogP contribution is 2.17. The summed E-state index contributed by atoms with van der Waals surface area (Å²) in [5, 5.41) is 0. The van der Waals surface area contributed by atoms with Crippen LogP contribution in [0.2, 0.25) is 0 Å². The van der Waals surface area contributed by atoms with Crippen LogP contribution in [-0.2, 0) is 14.3 Å². The van der Waals surface area contributed by atoms with E-state index >= 15 is 0 Å². The molecule has 1 amide bonds. The van der Waals surface area contributed by atoms with Crippen molar-refractivity contribution < 1.29 is 14.3 Å². The monoisotopic (exact) mass is 270 g/mol. The number of carbonyl (C=O) groups excluding carboxylic acids is 2. The van der Waals surface area contributed by atoms with Crippen LogP contribution in [0.3, 0.4) is 0 Å². The zero-order valence-corrected chi connectivity index (χ0v) is 12.5. The molecule has 1 saturated heterocycles. The molecule has 1 atom stereocenters. The standard InChI is InChI=1S/C14H26N2O3/c1-5-19-13(17)10-15(4)12(3)14(18)16-8-6-11(2)7-9-16/h11-12H,5-10H2,1-4H3. The van der Waals surface area contributed by atoms with Gasteiger partial charge in [-0.1, -0.05) is 6.92 Å². The van der Waals surface area contributed by atoms with Crippen molar-refractivity contribution in [3.05, 3.63) is 0 Å². The molecular formula is C14H26N2O3. The summed E-state index contributed by atoms with van der Waals surface area (Å²) in [6, 6.07) is -0.280. The molecule has 5 nitrogen and oxygen atoms in total. The lowest BCUT2D eigenvalue weighted by atomic mass is 9.99. The van der Waals surface area contributed by atoms with Gasteiger partial charge in [0.1, 0.15) is 0 Å². The molecule has 1 heterocycles. The highest BCUT2D eigenvalue weighted by molar-refractivity contribution is 5.82. The Morgan fingerprint density at radius 1 is 1.37 bits per heavy atom. The van der Waals surface area contributed by atoms with Crippen molar-refractivity contribution in [1.29, 1.82) is 0 Å². The van der Waals surface area contributed by atoms with Gasteiger partial charge in [0, 0.05) is 13.1 Å². The molecule has 1 rings (SSSR count). The minimum Gasteiger partial charge on any atom is -0.465 e. The van der Waals surface area contributed by atoms with E-state index in [4.69, 9.17) is 4.74 Å². The lowest BCUT2D eigenvalue weighted by molar-refractivity contribution is -0.146. The van der Waals surface area contributed by atoms with Gasteiger partial charge in [-0.15, -0.1) is 0 Å². The highest BCUT2D eigenvalue weighted by Gasteiger charge is 2.27. The Morgan fingerprint density at radius 3 is 2.47 bits per heavy atom. The molecule has 1 unspecified atom stereocenters. The third-order valence-corrected chi connectivity index (χ3v) is 3.80. The van der Waals surface area contributed by atoms with Crippen molar-refractivity contribution in [3.8, 4) is 0 Å².